The maximum atomic E-state index is 14.7. The van der Waals surface area contributed by atoms with Crippen LogP contribution in [-0.4, -0.2) is 29.2 Å². The van der Waals surface area contributed by atoms with E-state index in [1.807, 2.05) is 0 Å². The maximum Gasteiger partial charge on any atom is 0.280 e. The van der Waals surface area contributed by atoms with E-state index in [0.717, 1.165) is 12.1 Å². The van der Waals surface area contributed by atoms with Crippen molar-refractivity contribution in [1.82, 2.24) is 29.2 Å². The lowest BCUT2D eigenvalue weighted by Crippen LogP contribution is -2.36. The first-order chi connectivity index (χ1) is 14.8. The second-order valence-electron chi connectivity index (χ2n) is 7.75. The number of aryl methyl sites for hydroxylation is 1. The Labute approximate surface area is 173 Å². The largest absolute Gasteiger partial charge is 0.337 e. The van der Waals surface area contributed by atoms with Gasteiger partial charge in [0.05, 0.1) is 6.33 Å². The molecule has 0 aliphatic heterocycles. The Hall–Kier alpha value is -3.50. The fourth-order valence-corrected chi connectivity index (χ4v) is 3.88. The summed E-state index contributed by atoms with van der Waals surface area (Å²) in [5, 5.41) is 3.89. The van der Waals surface area contributed by atoms with Gasteiger partial charge < -0.3 is 9.09 Å². The minimum atomic E-state index is -3.14. The zero-order chi connectivity index (χ0) is 21.8. The van der Waals surface area contributed by atoms with Gasteiger partial charge in [-0.1, -0.05) is 17.3 Å². The summed E-state index contributed by atoms with van der Waals surface area (Å²) in [6.45, 7) is 0.00948. The lowest BCUT2D eigenvalue weighted by Gasteiger charge is -2.38. The molecule has 0 radical (unpaired) electrons. The first kappa shape index (κ1) is 19.5. The van der Waals surface area contributed by atoms with E-state index in [4.69, 9.17) is 4.52 Å². The molecule has 3 aromatic heterocycles. The Kier molecular flexibility index (Phi) is 4.42. The molecule has 4 aromatic rings. The van der Waals surface area contributed by atoms with E-state index in [0.29, 0.717) is 17.0 Å². The molecule has 1 saturated carbocycles. The fraction of sp³-hybridized carbons (Fsp3) is 0.350. The molecule has 0 unspecified atom stereocenters. The van der Waals surface area contributed by atoms with Crippen molar-refractivity contribution in [3.8, 4) is 0 Å². The molecule has 3 heterocycles. The molecule has 0 spiro atoms. The number of benzene rings is 1. The van der Waals surface area contributed by atoms with Gasteiger partial charge in [-0.05, 0) is 25.0 Å². The highest BCUT2D eigenvalue weighted by Gasteiger charge is 2.50. The molecule has 0 saturated heterocycles. The Morgan fingerprint density at radius 3 is 2.77 bits per heavy atom. The molecule has 0 N–H and O–H groups in total. The minimum absolute atomic E-state index is 0.00948. The van der Waals surface area contributed by atoms with Crippen LogP contribution in [0.15, 0.2) is 46.2 Å². The van der Waals surface area contributed by atoms with Gasteiger partial charge in [0.25, 0.3) is 11.5 Å². The molecule has 5 rings (SSSR count). The third-order valence-electron chi connectivity index (χ3n) is 5.72. The van der Waals surface area contributed by atoms with Gasteiger partial charge in [-0.25, -0.2) is 23.1 Å². The molecule has 160 valence electrons. The molecule has 1 aromatic carbocycles. The number of hydrogen-bond donors (Lipinski definition) is 0. The van der Waals surface area contributed by atoms with E-state index in [1.165, 1.54) is 29.4 Å². The summed E-state index contributed by atoms with van der Waals surface area (Å²) in [7, 11) is 1.69. The van der Waals surface area contributed by atoms with Crippen molar-refractivity contribution >= 4 is 11.2 Å². The summed E-state index contributed by atoms with van der Waals surface area (Å²) in [6, 6.07) is 4.51. The zero-order valence-electron chi connectivity index (χ0n) is 16.4. The molecule has 1 aliphatic rings. The standard InChI is InChI=1S/C20H17F3N6O2/c1-28-9-24-18-16(28)19(30)29(10-25-18)8-15-26-17(27-31-15)11-5-13(6-11)20(22,23)12-3-2-4-14(21)7-12/h2-4,7,9-11,13H,5-6,8H2,1H3/t11-,13+. The molecular weight excluding hydrogens is 413 g/mol. The van der Waals surface area contributed by atoms with Gasteiger partial charge in [0, 0.05) is 24.4 Å². The number of rotatable bonds is 5. The van der Waals surface area contributed by atoms with Crippen molar-refractivity contribution < 1.29 is 17.7 Å². The SMILES string of the molecule is Cn1cnc2ncn(Cc3nc([C@H]4C[C@@H](C(F)(F)c5cccc(F)c5)C4)no3)c(=O)c21. The summed E-state index contributed by atoms with van der Waals surface area (Å²) in [6.07, 6.45) is 3.16. The molecular formula is C20H17F3N6O2. The number of nitrogens with zero attached hydrogens (tertiary/aromatic N) is 6. The van der Waals surface area contributed by atoms with E-state index >= 15 is 0 Å². The van der Waals surface area contributed by atoms with Crippen LogP contribution in [0.4, 0.5) is 13.2 Å². The zero-order valence-corrected chi connectivity index (χ0v) is 16.4. The van der Waals surface area contributed by atoms with Gasteiger partial charge in [-0.15, -0.1) is 0 Å². The number of aromatic nitrogens is 6. The quantitative estimate of drug-likeness (QED) is 0.484. The predicted molar refractivity (Wildman–Crippen MR) is 102 cm³/mol. The summed E-state index contributed by atoms with van der Waals surface area (Å²) < 4.78 is 50.8. The average molecular weight is 430 g/mol. The Morgan fingerprint density at radius 1 is 1.23 bits per heavy atom. The van der Waals surface area contributed by atoms with Crippen LogP contribution in [0.5, 0.6) is 0 Å². The van der Waals surface area contributed by atoms with E-state index in [2.05, 4.69) is 20.1 Å². The summed E-state index contributed by atoms with van der Waals surface area (Å²) >= 11 is 0. The highest BCUT2D eigenvalue weighted by atomic mass is 19.3. The summed E-state index contributed by atoms with van der Waals surface area (Å²) in [4.78, 5) is 25.0. The third kappa shape index (κ3) is 3.29. The number of hydrogen-bond acceptors (Lipinski definition) is 6. The van der Waals surface area contributed by atoms with Crippen molar-refractivity contribution in [1.29, 1.82) is 0 Å². The number of alkyl halides is 2. The second kappa shape index (κ2) is 7.03. The normalized spacial score (nSPS) is 19.0. The van der Waals surface area contributed by atoms with E-state index in [-0.39, 0.29) is 42.3 Å². The minimum Gasteiger partial charge on any atom is -0.337 e. The van der Waals surface area contributed by atoms with Crippen LogP contribution in [0.25, 0.3) is 11.2 Å². The van der Waals surface area contributed by atoms with Crippen LogP contribution in [0.3, 0.4) is 0 Å². The topological polar surface area (TPSA) is 91.6 Å². The molecule has 0 atom stereocenters. The molecule has 8 nitrogen and oxygen atoms in total. The first-order valence-electron chi connectivity index (χ1n) is 9.65. The lowest BCUT2D eigenvalue weighted by molar-refractivity contribution is -0.102. The van der Waals surface area contributed by atoms with Gasteiger partial charge >= 0.3 is 0 Å². The van der Waals surface area contributed by atoms with Crippen molar-refractivity contribution in [3.05, 3.63) is 70.4 Å². The van der Waals surface area contributed by atoms with Gasteiger partial charge in [0.1, 0.15) is 18.7 Å². The van der Waals surface area contributed by atoms with Crippen LogP contribution in [0.1, 0.15) is 36.0 Å². The van der Waals surface area contributed by atoms with Crippen LogP contribution in [0, 0.1) is 11.7 Å². The Balaban J connectivity index is 1.29. The van der Waals surface area contributed by atoms with Crippen molar-refractivity contribution in [2.24, 2.45) is 13.0 Å². The van der Waals surface area contributed by atoms with Gasteiger partial charge in [0.2, 0.25) is 5.89 Å². The van der Waals surface area contributed by atoms with Gasteiger partial charge in [-0.3, -0.25) is 9.36 Å². The van der Waals surface area contributed by atoms with Crippen LogP contribution in [-0.2, 0) is 19.5 Å². The lowest BCUT2D eigenvalue weighted by atomic mass is 9.69. The maximum absolute atomic E-state index is 14.7. The smallest absolute Gasteiger partial charge is 0.280 e. The van der Waals surface area contributed by atoms with E-state index in [9.17, 15) is 18.0 Å². The number of fused-ring (bicyclic) bond motifs is 1. The Bertz CT molecular complexity index is 1320. The summed E-state index contributed by atoms with van der Waals surface area (Å²) in [5.74, 6) is -4.53. The first-order valence-corrected chi connectivity index (χ1v) is 9.65. The summed E-state index contributed by atoms with van der Waals surface area (Å²) in [5.41, 5.74) is 0.0590. The van der Waals surface area contributed by atoms with Crippen LogP contribution in [0.2, 0.25) is 0 Å². The highest BCUT2D eigenvalue weighted by molar-refractivity contribution is 5.68. The van der Waals surface area contributed by atoms with E-state index < -0.39 is 17.7 Å². The fourth-order valence-electron chi connectivity index (χ4n) is 3.88. The highest BCUT2D eigenvalue weighted by Crippen LogP contribution is 2.52. The predicted octanol–water partition coefficient (Wildman–Crippen LogP) is 2.99. The average Bonchev–Trinajstić information content (AvgIpc) is 3.30. The molecule has 31 heavy (non-hydrogen) atoms. The molecule has 0 amide bonds. The van der Waals surface area contributed by atoms with Crippen LogP contribution >= 0.6 is 0 Å². The van der Waals surface area contributed by atoms with Crippen molar-refractivity contribution in [2.45, 2.75) is 31.2 Å². The monoisotopic (exact) mass is 430 g/mol. The Morgan fingerprint density at radius 2 is 2.00 bits per heavy atom. The van der Waals surface area contributed by atoms with E-state index in [1.54, 1.807) is 11.6 Å². The van der Waals surface area contributed by atoms with Crippen molar-refractivity contribution in [2.75, 3.05) is 0 Å². The van der Waals surface area contributed by atoms with Gasteiger partial charge in [-0.2, -0.15) is 4.98 Å². The van der Waals surface area contributed by atoms with Crippen molar-refractivity contribution in [3.63, 3.8) is 0 Å². The molecule has 1 aliphatic carbocycles. The number of imidazole rings is 1. The van der Waals surface area contributed by atoms with Crippen LogP contribution < -0.4 is 5.56 Å². The number of halogens is 3. The van der Waals surface area contributed by atoms with Gasteiger partial charge in [0.15, 0.2) is 17.0 Å². The molecule has 0 bridgehead atoms. The molecule has 11 heteroatoms. The molecule has 1 fully saturated rings. The third-order valence-corrected chi connectivity index (χ3v) is 5.72. The second-order valence-corrected chi connectivity index (χ2v) is 7.75.